The van der Waals surface area contributed by atoms with Crippen molar-refractivity contribution in [2.24, 2.45) is 0 Å². The molecular weight excluding hydrogens is 272 g/mol. The van der Waals surface area contributed by atoms with Crippen molar-refractivity contribution in [1.82, 2.24) is 9.97 Å². The van der Waals surface area contributed by atoms with Gasteiger partial charge in [-0.3, -0.25) is 0 Å². The second-order valence-corrected chi connectivity index (χ2v) is 5.55. The van der Waals surface area contributed by atoms with Gasteiger partial charge in [-0.25, -0.2) is 14.8 Å². The van der Waals surface area contributed by atoms with Crippen LogP contribution < -0.4 is 0 Å². The zero-order valence-electron chi connectivity index (χ0n) is 9.97. The summed E-state index contributed by atoms with van der Waals surface area (Å²) in [7, 11) is 0. The molecule has 0 aliphatic carbocycles. The number of hydrogen-bond donors (Lipinski definition) is 1. The summed E-state index contributed by atoms with van der Waals surface area (Å²) in [5, 5.41) is 12.3. The van der Waals surface area contributed by atoms with Crippen molar-refractivity contribution in [3.8, 4) is 5.88 Å². The lowest BCUT2D eigenvalue weighted by atomic mass is 10.4. The minimum Gasteiger partial charge on any atom is -0.493 e. The summed E-state index contributed by atoms with van der Waals surface area (Å²) < 4.78 is 4.95. The van der Waals surface area contributed by atoms with Crippen LogP contribution in [0.3, 0.4) is 0 Å². The minimum atomic E-state index is -0.333. The van der Waals surface area contributed by atoms with Crippen molar-refractivity contribution in [2.75, 3.05) is 6.61 Å². The third kappa shape index (κ3) is 2.85. The van der Waals surface area contributed by atoms with E-state index in [1.54, 1.807) is 19.2 Å². The van der Waals surface area contributed by atoms with E-state index < -0.39 is 0 Å². The number of aryl methyl sites for hydroxylation is 1. The van der Waals surface area contributed by atoms with Crippen LogP contribution in [0.25, 0.3) is 0 Å². The summed E-state index contributed by atoms with van der Waals surface area (Å²) >= 11 is 2.68. The lowest BCUT2D eigenvalue weighted by Gasteiger charge is -1.97. The molecule has 0 aromatic carbocycles. The van der Waals surface area contributed by atoms with Gasteiger partial charge < -0.3 is 9.84 Å². The zero-order chi connectivity index (χ0) is 13.1. The van der Waals surface area contributed by atoms with E-state index in [1.807, 2.05) is 0 Å². The number of thiazole rings is 2. The molecule has 0 aliphatic rings. The van der Waals surface area contributed by atoms with E-state index in [2.05, 4.69) is 9.97 Å². The van der Waals surface area contributed by atoms with Gasteiger partial charge in [0.2, 0.25) is 5.88 Å². The summed E-state index contributed by atoms with van der Waals surface area (Å²) in [6, 6.07) is 0. The van der Waals surface area contributed by atoms with Gasteiger partial charge in [-0.15, -0.1) is 22.7 Å². The summed E-state index contributed by atoms with van der Waals surface area (Å²) in [4.78, 5) is 20.4. The van der Waals surface area contributed by atoms with Crippen molar-refractivity contribution in [2.45, 2.75) is 20.3 Å². The third-order valence-electron chi connectivity index (χ3n) is 2.14. The maximum atomic E-state index is 11.6. The summed E-state index contributed by atoms with van der Waals surface area (Å²) in [5.74, 6) is -0.311. The molecule has 0 saturated carbocycles. The molecule has 0 radical (unpaired) electrons. The fourth-order valence-electron chi connectivity index (χ4n) is 1.43. The number of esters is 1. The fraction of sp³-hybridized carbons (Fsp3) is 0.364. The summed E-state index contributed by atoms with van der Waals surface area (Å²) in [5.41, 5.74) is 0.675. The highest BCUT2D eigenvalue weighted by Crippen LogP contribution is 2.24. The summed E-state index contributed by atoms with van der Waals surface area (Å²) in [6.07, 6.45) is 0.524. The van der Waals surface area contributed by atoms with E-state index in [4.69, 9.17) is 9.84 Å². The average molecular weight is 284 g/mol. The third-order valence-corrected chi connectivity index (χ3v) is 4.12. The molecule has 0 fully saturated rings. The number of carbonyl (C=O) groups is 1. The first kappa shape index (κ1) is 13.0. The van der Waals surface area contributed by atoms with Crippen molar-refractivity contribution >= 4 is 28.6 Å². The van der Waals surface area contributed by atoms with Crippen LogP contribution in [0.1, 0.15) is 32.3 Å². The SMILES string of the molecule is CCOC(=O)c1sc(Cc2nc(O)cs2)nc1C. The molecule has 0 saturated heterocycles. The average Bonchev–Trinajstić information content (AvgIpc) is 2.86. The first-order chi connectivity index (χ1) is 8.60. The van der Waals surface area contributed by atoms with E-state index in [0.29, 0.717) is 23.6 Å². The topological polar surface area (TPSA) is 72.3 Å². The van der Waals surface area contributed by atoms with Crippen LogP contribution in [-0.2, 0) is 11.2 Å². The van der Waals surface area contributed by atoms with E-state index >= 15 is 0 Å². The Hall–Kier alpha value is -1.47. The van der Waals surface area contributed by atoms with Crippen LogP contribution in [0.4, 0.5) is 0 Å². The Morgan fingerprint density at radius 2 is 2.22 bits per heavy atom. The molecule has 2 heterocycles. The highest BCUT2D eigenvalue weighted by atomic mass is 32.1. The smallest absolute Gasteiger partial charge is 0.350 e. The Morgan fingerprint density at radius 3 is 2.83 bits per heavy atom. The molecule has 0 amide bonds. The highest BCUT2D eigenvalue weighted by Gasteiger charge is 2.17. The van der Waals surface area contributed by atoms with Crippen LogP contribution in [0.15, 0.2) is 5.38 Å². The Bertz CT molecular complexity index is 562. The number of ether oxygens (including phenoxy) is 1. The molecule has 96 valence electrons. The van der Waals surface area contributed by atoms with Gasteiger partial charge >= 0.3 is 5.97 Å². The van der Waals surface area contributed by atoms with Gasteiger partial charge in [0.1, 0.15) is 14.9 Å². The van der Waals surface area contributed by atoms with Gasteiger partial charge in [-0.1, -0.05) is 0 Å². The molecule has 2 aromatic heterocycles. The largest absolute Gasteiger partial charge is 0.493 e. The van der Waals surface area contributed by atoms with Gasteiger partial charge in [-0.2, -0.15) is 0 Å². The van der Waals surface area contributed by atoms with E-state index in [0.717, 1.165) is 10.0 Å². The van der Waals surface area contributed by atoms with Crippen LogP contribution in [0, 0.1) is 6.92 Å². The maximum absolute atomic E-state index is 11.6. The van der Waals surface area contributed by atoms with Gasteiger partial charge in [0.05, 0.1) is 24.1 Å². The Morgan fingerprint density at radius 1 is 1.44 bits per heavy atom. The predicted octanol–water partition coefficient (Wildman–Crippen LogP) is 2.38. The number of aromatic hydroxyl groups is 1. The molecule has 2 aromatic rings. The highest BCUT2D eigenvalue weighted by molar-refractivity contribution is 7.14. The lowest BCUT2D eigenvalue weighted by Crippen LogP contribution is -2.03. The summed E-state index contributed by atoms with van der Waals surface area (Å²) in [6.45, 7) is 3.91. The molecule has 0 atom stereocenters. The Labute approximate surface area is 112 Å². The second-order valence-electron chi connectivity index (χ2n) is 3.52. The van der Waals surface area contributed by atoms with Crippen molar-refractivity contribution in [1.29, 1.82) is 0 Å². The molecule has 0 aliphatic heterocycles. The molecule has 1 N–H and O–H groups in total. The standard InChI is InChI=1S/C11H12N2O3S2/c1-3-16-11(15)10-6(2)12-9(18-10)4-8-13-7(14)5-17-8/h5,14H,3-4H2,1-2H3. The van der Waals surface area contributed by atoms with Crippen molar-refractivity contribution in [3.05, 3.63) is 26.0 Å². The molecule has 7 heteroatoms. The fourth-order valence-corrected chi connectivity index (χ4v) is 3.14. The number of nitrogens with zero attached hydrogens (tertiary/aromatic N) is 2. The molecule has 5 nitrogen and oxygen atoms in total. The molecule has 0 bridgehead atoms. The quantitative estimate of drug-likeness (QED) is 0.873. The zero-order valence-corrected chi connectivity index (χ0v) is 11.6. The number of aromatic nitrogens is 2. The molecule has 18 heavy (non-hydrogen) atoms. The minimum absolute atomic E-state index is 0.0221. The first-order valence-electron chi connectivity index (χ1n) is 5.37. The Kier molecular flexibility index (Phi) is 3.93. The van der Waals surface area contributed by atoms with Crippen LogP contribution in [-0.4, -0.2) is 27.7 Å². The van der Waals surface area contributed by atoms with Crippen LogP contribution in [0.2, 0.25) is 0 Å². The predicted molar refractivity (Wildman–Crippen MR) is 69.4 cm³/mol. The van der Waals surface area contributed by atoms with Gasteiger partial charge in [0.25, 0.3) is 0 Å². The van der Waals surface area contributed by atoms with Crippen molar-refractivity contribution in [3.63, 3.8) is 0 Å². The maximum Gasteiger partial charge on any atom is 0.350 e. The van der Waals surface area contributed by atoms with Crippen LogP contribution >= 0.6 is 22.7 Å². The van der Waals surface area contributed by atoms with Gasteiger partial charge in [0.15, 0.2) is 0 Å². The normalized spacial score (nSPS) is 10.6. The molecule has 0 unspecified atom stereocenters. The lowest BCUT2D eigenvalue weighted by molar-refractivity contribution is 0.0531. The molecular formula is C11H12N2O3S2. The Balaban J connectivity index is 2.16. The van der Waals surface area contributed by atoms with Crippen LogP contribution in [0.5, 0.6) is 5.88 Å². The first-order valence-corrected chi connectivity index (χ1v) is 7.06. The number of carbonyl (C=O) groups excluding carboxylic acids is 1. The molecule has 0 spiro atoms. The second kappa shape index (κ2) is 5.45. The molecule has 2 rings (SSSR count). The van der Waals surface area contributed by atoms with Gasteiger partial charge in [-0.05, 0) is 13.8 Å². The van der Waals surface area contributed by atoms with E-state index in [1.165, 1.54) is 22.7 Å². The monoisotopic (exact) mass is 284 g/mol. The van der Waals surface area contributed by atoms with Crippen molar-refractivity contribution < 1.29 is 14.6 Å². The van der Waals surface area contributed by atoms with E-state index in [9.17, 15) is 4.79 Å². The number of hydrogen-bond acceptors (Lipinski definition) is 7. The van der Waals surface area contributed by atoms with E-state index in [-0.39, 0.29) is 11.8 Å². The van der Waals surface area contributed by atoms with Gasteiger partial charge in [0, 0.05) is 0 Å². The number of rotatable bonds is 4.